The van der Waals surface area contributed by atoms with Crippen molar-refractivity contribution in [3.05, 3.63) is 83.3 Å². The van der Waals surface area contributed by atoms with Gasteiger partial charge in [-0.25, -0.2) is 0 Å². The molecule has 2 atom stereocenters. The number of para-hydroxylation sites is 1. The number of nitrogens with one attached hydrogen (secondary N) is 2. The van der Waals surface area contributed by atoms with Gasteiger partial charge in [0.2, 0.25) is 23.6 Å². The number of hydrogen-bond donors (Lipinski definition) is 2. The number of benzene rings is 2. The standard InChI is InChI=1S/C33H35N9O4/c1-22-26(17-34)25-10-5-6-11-28(25)42(22)21-31(44)39-14-15-41-29(20-39)32(45)35-18-24-19-40(38-37-24)13-7-12-30(43)36-27(33(41)46)16-23-8-3-2-4-9-23/h2-6,8-11,19,27,29H,7,12-16,18,20-21H2,1H3,(H,35,45)(H,36,43)/t27-,29+/m0/s1. The van der Waals surface area contributed by atoms with Crippen LogP contribution in [0.4, 0.5) is 0 Å². The lowest BCUT2D eigenvalue weighted by Gasteiger charge is -2.42. The maximum atomic E-state index is 14.2. The third-order valence-corrected chi connectivity index (χ3v) is 8.69. The summed E-state index contributed by atoms with van der Waals surface area (Å²) in [7, 11) is 0. The number of nitrogens with zero attached hydrogens (tertiary/aromatic N) is 7. The lowest BCUT2D eigenvalue weighted by atomic mass is 10.0. The van der Waals surface area contributed by atoms with Crippen molar-refractivity contribution in [1.82, 2.24) is 40.0 Å². The van der Waals surface area contributed by atoms with Gasteiger partial charge in [-0.2, -0.15) is 5.26 Å². The first-order valence-corrected chi connectivity index (χ1v) is 15.4. The van der Waals surface area contributed by atoms with Crippen LogP contribution in [-0.2, 0) is 45.2 Å². The molecule has 0 saturated carbocycles. The number of fused-ring (bicyclic) bond motifs is 4. The summed E-state index contributed by atoms with van der Waals surface area (Å²) in [6.45, 7) is 2.63. The number of carbonyl (C=O) groups is 4. The van der Waals surface area contributed by atoms with Crippen LogP contribution in [0.2, 0.25) is 0 Å². The van der Waals surface area contributed by atoms with Crippen molar-refractivity contribution < 1.29 is 19.2 Å². The molecule has 2 aromatic carbocycles. The van der Waals surface area contributed by atoms with Gasteiger partial charge in [0.15, 0.2) is 0 Å². The highest BCUT2D eigenvalue weighted by molar-refractivity contribution is 5.94. The normalized spacial score (nSPS) is 19.4. The fraction of sp³-hybridized carbons (Fsp3) is 0.364. The van der Waals surface area contributed by atoms with E-state index in [4.69, 9.17) is 0 Å². The quantitative estimate of drug-likeness (QED) is 0.348. The van der Waals surface area contributed by atoms with E-state index < -0.39 is 18.0 Å². The van der Waals surface area contributed by atoms with E-state index in [1.807, 2.05) is 66.1 Å². The van der Waals surface area contributed by atoms with Crippen LogP contribution in [0.5, 0.6) is 0 Å². The summed E-state index contributed by atoms with van der Waals surface area (Å²) in [5.74, 6) is -1.32. The number of carbonyl (C=O) groups excluding carboxylic acids is 4. The summed E-state index contributed by atoms with van der Waals surface area (Å²) in [4.78, 5) is 57.8. The number of aromatic nitrogens is 4. The number of aryl methyl sites for hydroxylation is 1. The number of piperazine rings is 1. The molecule has 0 aliphatic carbocycles. The lowest BCUT2D eigenvalue weighted by molar-refractivity contribution is -0.150. The van der Waals surface area contributed by atoms with Gasteiger partial charge in [-0.05, 0) is 25.0 Å². The fourth-order valence-corrected chi connectivity index (χ4v) is 6.25. The Morgan fingerprint density at radius 2 is 1.83 bits per heavy atom. The average molecular weight is 622 g/mol. The Bertz CT molecular complexity index is 1820. The zero-order valence-corrected chi connectivity index (χ0v) is 25.6. The van der Waals surface area contributed by atoms with E-state index in [9.17, 15) is 24.4 Å². The van der Waals surface area contributed by atoms with Crippen molar-refractivity contribution in [1.29, 1.82) is 5.26 Å². The predicted molar refractivity (Wildman–Crippen MR) is 167 cm³/mol. The first kappa shape index (κ1) is 30.5. The van der Waals surface area contributed by atoms with Crippen molar-refractivity contribution >= 4 is 34.5 Å². The van der Waals surface area contributed by atoms with E-state index in [1.165, 1.54) is 4.90 Å². The highest BCUT2D eigenvalue weighted by Crippen LogP contribution is 2.25. The van der Waals surface area contributed by atoms with Gasteiger partial charge in [0.05, 0.1) is 30.4 Å². The second kappa shape index (κ2) is 13.2. The summed E-state index contributed by atoms with van der Waals surface area (Å²) in [5.41, 5.74) is 3.39. The second-order valence-corrected chi connectivity index (χ2v) is 11.7. The van der Waals surface area contributed by atoms with E-state index in [0.717, 1.165) is 16.5 Å². The molecule has 0 unspecified atom stereocenters. The summed E-state index contributed by atoms with van der Waals surface area (Å²) < 4.78 is 3.44. The van der Waals surface area contributed by atoms with Crippen LogP contribution >= 0.6 is 0 Å². The largest absolute Gasteiger partial charge is 0.348 e. The Labute approximate surface area is 265 Å². The summed E-state index contributed by atoms with van der Waals surface area (Å²) in [6.07, 6.45) is 2.67. The molecule has 4 aromatic rings. The predicted octanol–water partition coefficient (Wildman–Crippen LogP) is 1.29. The van der Waals surface area contributed by atoms with Crippen molar-refractivity contribution in [2.75, 3.05) is 19.6 Å². The Balaban J connectivity index is 1.28. The van der Waals surface area contributed by atoms with Gasteiger partial charge >= 0.3 is 0 Å². The minimum absolute atomic E-state index is 0.0217. The van der Waals surface area contributed by atoms with E-state index >= 15 is 0 Å². The number of amides is 4. The highest BCUT2D eigenvalue weighted by Gasteiger charge is 2.40. The van der Waals surface area contributed by atoms with Gasteiger partial charge < -0.3 is 25.0 Å². The molecular weight excluding hydrogens is 586 g/mol. The Hall–Kier alpha value is -5.51. The van der Waals surface area contributed by atoms with Gasteiger partial charge in [-0.1, -0.05) is 53.7 Å². The van der Waals surface area contributed by atoms with Crippen LogP contribution in [0.1, 0.15) is 35.4 Å². The van der Waals surface area contributed by atoms with Gasteiger partial charge in [0, 0.05) is 43.6 Å². The Kier molecular flexibility index (Phi) is 8.78. The van der Waals surface area contributed by atoms with Crippen molar-refractivity contribution in [3.63, 3.8) is 0 Å². The van der Waals surface area contributed by atoms with Crippen LogP contribution in [0.15, 0.2) is 60.8 Å². The first-order valence-electron chi connectivity index (χ1n) is 15.4. The molecule has 1 fully saturated rings. The number of nitriles is 1. The molecule has 2 N–H and O–H groups in total. The first-order chi connectivity index (χ1) is 22.3. The maximum Gasteiger partial charge on any atom is 0.246 e. The third kappa shape index (κ3) is 6.32. The van der Waals surface area contributed by atoms with Gasteiger partial charge in [-0.3, -0.25) is 23.9 Å². The maximum absolute atomic E-state index is 14.2. The molecule has 0 radical (unpaired) electrons. The monoisotopic (exact) mass is 621 g/mol. The number of hydrogen-bond acceptors (Lipinski definition) is 7. The van der Waals surface area contributed by atoms with E-state index in [0.29, 0.717) is 29.9 Å². The smallest absolute Gasteiger partial charge is 0.246 e. The number of rotatable bonds is 4. The van der Waals surface area contributed by atoms with Crippen molar-refractivity contribution in [2.45, 2.75) is 57.9 Å². The van der Waals surface area contributed by atoms with E-state index in [1.54, 1.807) is 15.8 Å². The molecule has 4 amide bonds. The van der Waals surface area contributed by atoms with Crippen LogP contribution in [0.3, 0.4) is 0 Å². The van der Waals surface area contributed by atoms with Gasteiger partial charge in [0.1, 0.15) is 30.4 Å². The van der Waals surface area contributed by atoms with Crippen molar-refractivity contribution in [3.8, 4) is 6.07 Å². The van der Waals surface area contributed by atoms with Crippen LogP contribution in [0, 0.1) is 18.3 Å². The van der Waals surface area contributed by atoms with E-state index in [2.05, 4.69) is 27.0 Å². The molecule has 46 heavy (non-hydrogen) atoms. The van der Waals surface area contributed by atoms with Crippen LogP contribution in [-0.4, -0.2) is 84.7 Å². The second-order valence-electron chi connectivity index (χ2n) is 11.7. The molecule has 13 nitrogen and oxygen atoms in total. The SMILES string of the molecule is Cc1c(C#N)c2ccccc2n1CC(=O)N1CCN2C(=O)[C@H](Cc3ccccc3)NC(=O)CCCn3cc(nn3)CNC(=O)[C@H]2C1. The third-order valence-electron chi connectivity index (χ3n) is 8.69. The summed E-state index contributed by atoms with van der Waals surface area (Å²) in [6, 6.07) is 17.2. The molecule has 2 aromatic heterocycles. The van der Waals surface area contributed by atoms with Crippen molar-refractivity contribution in [2.24, 2.45) is 0 Å². The molecule has 2 aliphatic rings. The average Bonchev–Trinajstić information content (AvgIpc) is 3.63. The molecule has 2 bridgehead atoms. The zero-order chi connectivity index (χ0) is 32.2. The minimum atomic E-state index is -1.00. The highest BCUT2D eigenvalue weighted by atomic mass is 16.2. The summed E-state index contributed by atoms with van der Waals surface area (Å²) >= 11 is 0. The molecule has 0 spiro atoms. The Morgan fingerprint density at radius 1 is 1.04 bits per heavy atom. The molecule has 236 valence electrons. The summed E-state index contributed by atoms with van der Waals surface area (Å²) in [5, 5.41) is 24.5. The van der Waals surface area contributed by atoms with E-state index in [-0.39, 0.29) is 63.3 Å². The molecule has 13 heteroatoms. The van der Waals surface area contributed by atoms with Gasteiger partial charge in [-0.15, -0.1) is 5.10 Å². The molecule has 6 rings (SSSR count). The van der Waals surface area contributed by atoms with Crippen LogP contribution < -0.4 is 10.6 Å². The molecule has 1 saturated heterocycles. The topological polar surface area (TPSA) is 158 Å². The molecule has 2 aliphatic heterocycles. The minimum Gasteiger partial charge on any atom is -0.348 e. The zero-order valence-electron chi connectivity index (χ0n) is 25.6. The lowest BCUT2D eigenvalue weighted by Crippen LogP contribution is -2.64. The fourth-order valence-electron chi connectivity index (χ4n) is 6.25. The Morgan fingerprint density at radius 3 is 2.63 bits per heavy atom. The molecule has 4 heterocycles. The van der Waals surface area contributed by atoms with Crippen LogP contribution in [0.25, 0.3) is 10.9 Å². The van der Waals surface area contributed by atoms with Gasteiger partial charge in [0.25, 0.3) is 0 Å². The molecular formula is C33H35N9O4.